The molecule has 0 aromatic carbocycles. The molecule has 21 heavy (non-hydrogen) atoms. The van der Waals surface area contributed by atoms with Crippen molar-refractivity contribution in [2.75, 3.05) is 46.6 Å². The number of nitrogens with one attached hydrogen (secondary N) is 3. The van der Waals surface area contributed by atoms with E-state index < -0.39 is 0 Å². The van der Waals surface area contributed by atoms with E-state index in [0.717, 1.165) is 0 Å². The predicted molar refractivity (Wildman–Crippen MR) is 80.3 cm³/mol. The molecule has 0 aromatic heterocycles. The molecule has 0 saturated carbocycles. The van der Waals surface area contributed by atoms with Gasteiger partial charge in [-0.15, -0.1) is 0 Å². The molecule has 0 aromatic rings. The third kappa shape index (κ3) is 12.1. The van der Waals surface area contributed by atoms with Crippen molar-refractivity contribution in [3.05, 3.63) is 0 Å². The fraction of sp³-hybridized carbons (Fsp3) is 0.846. The summed E-state index contributed by atoms with van der Waals surface area (Å²) in [7, 11) is 1.62. The van der Waals surface area contributed by atoms with Gasteiger partial charge < -0.3 is 30.6 Å². The molecule has 5 N–H and O–H groups in total. The van der Waals surface area contributed by atoms with E-state index in [1.54, 1.807) is 14.0 Å². The average Bonchev–Trinajstić information content (AvgIpc) is 2.44. The molecular weight excluding hydrogens is 276 g/mol. The van der Waals surface area contributed by atoms with E-state index in [4.69, 9.17) is 25.4 Å². The normalized spacial score (nSPS) is 11.9. The number of guanidine groups is 1. The first-order chi connectivity index (χ1) is 10.1. The van der Waals surface area contributed by atoms with E-state index in [0.29, 0.717) is 52.4 Å². The fourth-order valence-electron chi connectivity index (χ4n) is 1.62. The van der Waals surface area contributed by atoms with Gasteiger partial charge in [-0.25, -0.2) is 0 Å². The second kappa shape index (κ2) is 13.6. The van der Waals surface area contributed by atoms with Gasteiger partial charge in [-0.2, -0.15) is 0 Å². The topological polar surface area (TPSA) is 119 Å². The Bertz CT molecular complexity index is 289. The van der Waals surface area contributed by atoms with Gasteiger partial charge in [0.15, 0.2) is 5.96 Å². The lowest BCUT2D eigenvalue weighted by atomic mass is 10.1. The van der Waals surface area contributed by atoms with Crippen molar-refractivity contribution >= 4 is 11.9 Å². The summed E-state index contributed by atoms with van der Waals surface area (Å²) >= 11 is 0. The number of hydrogen-bond donors (Lipinski definition) is 4. The lowest BCUT2D eigenvalue weighted by Crippen LogP contribution is -2.41. The van der Waals surface area contributed by atoms with Crippen molar-refractivity contribution in [3.63, 3.8) is 0 Å². The largest absolute Gasteiger partial charge is 0.465 e. The van der Waals surface area contributed by atoms with Gasteiger partial charge in [0.05, 0.1) is 26.4 Å². The maximum absolute atomic E-state index is 11.8. The molecule has 0 saturated heterocycles. The molecule has 0 aliphatic heterocycles. The van der Waals surface area contributed by atoms with Crippen LogP contribution in [0.15, 0.2) is 0 Å². The number of carbonyl (C=O) groups is 1. The standard InChI is InChI=1S/C13H28N4O4/c1-3-21-12(18)11(5-4-6-17-13(14)15)16-7-8-20-10-9-19-2/h11,16H,3-10H2,1-2H3,(H4,14,15,17)/t11-/m0/s1. The highest BCUT2D eigenvalue weighted by molar-refractivity contribution is 5.76. The Balaban J connectivity index is 3.91. The molecule has 0 radical (unpaired) electrons. The van der Waals surface area contributed by atoms with Gasteiger partial charge in [0, 0.05) is 20.2 Å². The summed E-state index contributed by atoms with van der Waals surface area (Å²) in [5, 5.41) is 12.9. The number of carbonyl (C=O) groups excluding carboxylic acids is 1. The number of rotatable bonds is 13. The Labute approximate surface area is 126 Å². The van der Waals surface area contributed by atoms with Gasteiger partial charge in [-0.3, -0.25) is 10.2 Å². The first-order valence-corrected chi connectivity index (χ1v) is 7.16. The predicted octanol–water partition coefficient (Wildman–Crippen LogP) is -0.566. The van der Waals surface area contributed by atoms with Crippen LogP contribution in [0.25, 0.3) is 0 Å². The molecule has 0 unspecified atom stereocenters. The molecule has 0 fully saturated rings. The van der Waals surface area contributed by atoms with Crippen molar-refractivity contribution in [1.82, 2.24) is 10.6 Å². The molecule has 0 heterocycles. The van der Waals surface area contributed by atoms with Gasteiger partial charge in [-0.1, -0.05) is 0 Å². The average molecular weight is 304 g/mol. The summed E-state index contributed by atoms with van der Waals surface area (Å²) in [5.74, 6) is -0.334. The second-order valence-corrected chi connectivity index (χ2v) is 4.35. The molecule has 0 aliphatic carbocycles. The van der Waals surface area contributed by atoms with Crippen molar-refractivity contribution in [2.24, 2.45) is 5.73 Å². The Morgan fingerprint density at radius 3 is 2.67 bits per heavy atom. The van der Waals surface area contributed by atoms with E-state index in [9.17, 15) is 4.79 Å². The Morgan fingerprint density at radius 1 is 1.29 bits per heavy atom. The number of methoxy groups -OCH3 is 1. The summed E-state index contributed by atoms with van der Waals surface area (Å²) < 4.78 is 15.2. The minimum atomic E-state index is -0.371. The van der Waals surface area contributed by atoms with Crippen LogP contribution in [0, 0.1) is 5.41 Å². The molecule has 8 nitrogen and oxygen atoms in total. The third-order valence-corrected chi connectivity index (χ3v) is 2.63. The summed E-state index contributed by atoms with van der Waals surface area (Å²) in [6, 6.07) is -0.371. The van der Waals surface area contributed by atoms with Crippen LogP contribution in [0.1, 0.15) is 19.8 Å². The second-order valence-electron chi connectivity index (χ2n) is 4.35. The fourth-order valence-corrected chi connectivity index (χ4v) is 1.62. The van der Waals surface area contributed by atoms with Crippen LogP contribution < -0.4 is 16.4 Å². The maximum Gasteiger partial charge on any atom is 0.323 e. The Kier molecular flexibility index (Phi) is 12.7. The van der Waals surface area contributed by atoms with Crippen molar-refractivity contribution in [2.45, 2.75) is 25.8 Å². The van der Waals surface area contributed by atoms with Gasteiger partial charge in [-0.05, 0) is 19.8 Å². The van der Waals surface area contributed by atoms with Crippen LogP contribution in [-0.4, -0.2) is 64.6 Å². The molecule has 124 valence electrons. The van der Waals surface area contributed by atoms with Gasteiger partial charge in [0.25, 0.3) is 0 Å². The number of esters is 1. The first-order valence-electron chi connectivity index (χ1n) is 7.16. The van der Waals surface area contributed by atoms with Crippen LogP contribution in [0.4, 0.5) is 0 Å². The lowest BCUT2D eigenvalue weighted by molar-refractivity contribution is -0.145. The monoisotopic (exact) mass is 304 g/mol. The number of nitrogens with two attached hydrogens (primary N) is 1. The van der Waals surface area contributed by atoms with Crippen LogP contribution in [0.3, 0.4) is 0 Å². The number of ether oxygens (including phenoxy) is 3. The van der Waals surface area contributed by atoms with Gasteiger partial charge in [0.1, 0.15) is 6.04 Å². The minimum Gasteiger partial charge on any atom is -0.465 e. The third-order valence-electron chi connectivity index (χ3n) is 2.63. The molecule has 0 spiro atoms. The summed E-state index contributed by atoms with van der Waals surface area (Å²) in [5.41, 5.74) is 5.19. The van der Waals surface area contributed by atoms with E-state index in [-0.39, 0.29) is 18.0 Å². The zero-order chi connectivity index (χ0) is 15.9. The van der Waals surface area contributed by atoms with Crippen molar-refractivity contribution in [3.8, 4) is 0 Å². The van der Waals surface area contributed by atoms with Crippen LogP contribution in [0.2, 0.25) is 0 Å². The maximum atomic E-state index is 11.8. The van der Waals surface area contributed by atoms with Crippen LogP contribution in [-0.2, 0) is 19.0 Å². The molecular formula is C13H28N4O4. The van der Waals surface area contributed by atoms with Gasteiger partial charge >= 0.3 is 5.97 Å². The van der Waals surface area contributed by atoms with Crippen LogP contribution >= 0.6 is 0 Å². The molecule has 0 bridgehead atoms. The molecule has 8 heteroatoms. The molecule has 1 atom stereocenters. The molecule has 0 aliphatic rings. The zero-order valence-corrected chi connectivity index (χ0v) is 12.9. The van der Waals surface area contributed by atoms with Crippen molar-refractivity contribution < 1.29 is 19.0 Å². The smallest absolute Gasteiger partial charge is 0.323 e. The van der Waals surface area contributed by atoms with E-state index >= 15 is 0 Å². The summed E-state index contributed by atoms with van der Waals surface area (Å²) in [6.07, 6.45) is 1.32. The summed E-state index contributed by atoms with van der Waals surface area (Å²) in [6.45, 7) is 4.84. The Hall–Kier alpha value is -1.38. The highest BCUT2D eigenvalue weighted by Crippen LogP contribution is 2.00. The van der Waals surface area contributed by atoms with Crippen LogP contribution in [0.5, 0.6) is 0 Å². The highest BCUT2D eigenvalue weighted by Gasteiger charge is 2.18. The lowest BCUT2D eigenvalue weighted by Gasteiger charge is -2.17. The van der Waals surface area contributed by atoms with Gasteiger partial charge in [0.2, 0.25) is 0 Å². The minimum absolute atomic E-state index is 0.0674. The first kappa shape index (κ1) is 19.6. The highest BCUT2D eigenvalue weighted by atomic mass is 16.5. The molecule has 0 rings (SSSR count). The van der Waals surface area contributed by atoms with Crippen molar-refractivity contribution in [1.29, 1.82) is 5.41 Å². The zero-order valence-electron chi connectivity index (χ0n) is 12.9. The quantitative estimate of drug-likeness (QED) is 0.156. The SMILES string of the molecule is CCOC(=O)[C@H](CCCNC(=N)N)NCCOCCOC. The Morgan fingerprint density at radius 2 is 2.05 bits per heavy atom. The van der Waals surface area contributed by atoms with E-state index in [1.165, 1.54) is 0 Å². The summed E-state index contributed by atoms with van der Waals surface area (Å²) in [4.78, 5) is 11.8. The molecule has 0 amide bonds. The van der Waals surface area contributed by atoms with E-state index in [2.05, 4.69) is 10.6 Å². The number of hydrogen-bond acceptors (Lipinski definition) is 6. The van der Waals surface area contributed by atoms with E-state index in [1.807, 2.05) is 0 Å².